The van der Waals surface area contributed by atoms with E-state index in [1.807, 2.05) is 0 Å². The van der Waals surface area contributed by atoms with Crippen LogP contribution in [-0.4, -0.2) is 11.3 Å². The van der Waals surface area contributed by atoms with Gasteiger partial charge in [0.2, 0.25) is 6.36 Å². The van der Waals surface area contributed by atoms with Crippen molar-refractivity contribution in [2.45, 2.75) is 13.3 Å². The molecule has 0 saturated carbocycles. The molecule has 0 fully saturated rings. The average molecular weight is 220 g/mol. The molecule has 0 aliphatic carbocycles. The lowest BCUT2D eigenvalue weighted by atomic mass is 10.5. The first kappa shape index (κ1) is 8.46. The van der Waals surface area contributed by atoms with E-state index in [1.165, 1.54) is 13.1 Å². The van der Waals surface area contributed by atoms with Gasteiger partial charge in [-0.15, -0.1) is 0 Å². The van der Waals surface area contributed by atoms with Crippen LogP contribution in [0, 0.1) is 0 Å². The first-order valence-electron chi connectivity index (χ1n) is 3.11. The van der Waals surface area contributed by atoms with Crippen molar-refractivity contribution in [2.75, 3.05) is 0 Å². The molecule has 60 valence electrons. The molecule has 1 unspecified atom stereocenters. The topological polar surface area (TPSA) is 22.1 Å². The van der Waals surface area contributed by atoms with Crippen LogP contribution in [-0.2, 0) is 0 Å². The van der Waals surface area contributed by atoms with Crippen molar-refractivity contribution < 1.29 is 9.13 Å². The molecule has 1 heterocycles. The van der Waals surface area contributed by atoms with Crippen molar-refractivity contribution in [3.8, 4) is 5.75 Å². The van der Waals surface area contributed by atoms with E-state index >= 15 is 0 Å². The van der Waals surface area contributed by atoms with Crippen molar-refractivity contribution in [1.29, 1.82) is 0 Å². The third-order valence-corrected chi connectivity index (χ3v) is 1.47. The van der Waals surface area contributed by atoms with Crippen LogP contribution in [0.3, 0.4) is 0 Å². The molecule has 2 nitrogen and oxygen atoms in total. The van der Waals surface area contributed by atoms with Gasteiger partial charge in [0.05, 0.1) is 6.20 Å². The zero-order chi connectivity index (χ0) is 8.27. The Kier molecular flexibility index (Phi) is 2.82. The van der Waals surface area contributed by atoms with E-state index in [2.05, 4.69) is 20.9 Å². The maximum atomic E-state index is 12.2. The molecule has 0 N–H and O–H groups in total. The van der Waals surface area contributed by atoms with Gasteiger partial charge >= 0.3 is 0 Å². The lowest BCUT2D eigenvalue weighted by molar-refractivity contribution is 0.0856. The van der Waals surface area contributed by atoms with Crippen molar-refractivity contribution in [3.63, 3.8) is 0 Å². The first-order chi connectivity index (χ1) is 5.18. The van der Waals surface area contributed by atoms with Gasteiger partial charge in [0, 0.05) is 6.92 Å². The molecule has 11 heavy (non-hydrogen) atoms. The second-order valence-electron chi connectivity index (χ2n) is 1.98. The summed E-state index contributed by atoms with van der Waals surface area (Å²) in [5.41, 5.74) is 0. The van der Waals surface area contributed by atoms with Gasteiger partial charge < -0.3 is 4.74 Å². The van der Waals surface area contributed by atoms with Gasteiger partial charge in [0.1, 0.15) is 10.4 Å². The highest BCUT2D eigenvalue weighted by molar-refractivity contribution is 9.10. The van der Waals surface area contributed by atoms with E-state index < -0.39 is 6.36 Å². The molecule has 4 heteroatoms. The van der Waals surface area contributed by atoms with E-state index in [0.717, 1.165) is 0 Å². The van der Waals surface area contributed by atoms with Crippen LogP contribution < -0.4 is 4.74 Å². The zero-order valence-corrected chi connectivity index (χ0v) is 7.51. The minimum atomic E-state index is -1.29. The van der Waals surface area contributed by atoms with Gasteiger partial charge in [0.25, 0.3) is 0 Å². The number of aromatic nitrogens is 1. The SMILES string of the molecule is CC(F)Oc1ccc(Br)nc1. The molecule has 0 amide bonds. The van der Waals surface area contributed by atoms with Crippen LogP contribution in [0.25, 0.3) is 0 Å². The maximum absolute atomic E-state index is 12.2. The van der Waals surface area contributed by atoms with Gasteiger partial charge in [-0.25, -0.2) is 9.37 Å². The molecule has 0 radical (unpaired) electrons. The number of rotatable bonds is 2. The van der Waals surface area contributed by atoms with Crippen LogP contribution >= 0.6 is 15.9 Å². The van der Waals surface area contributed by atoms with Gasteiger partial charge in [-0.3, -0.25) is 0 Å². The number of alkyl halides is 1. The van der Waals surface area contributed by atoms with E-state index in [9.17, 15) is 4.39 Å². The maximum Gasteiger partial charge on any atom is 0.235 e. The van der Waals surface area contributed by atoms with Gasteiger partial charge in [-0.05, 0) is 28.1 Å². The summed E-state index contributed by atoms with van der Waals surface area (Å²) in [5, 5.41) is 0. The third kappa shape index (κ3) is 2.84. The highest BCUT2D eigenvalue weighted by Crippen LogP contribution is 2.14. The number of nitrogens with zero attached hydrogens (tertiary/aromatic N) is 1. The van der Waals surface area contributed by atoms with E-state index in [4.69, 9.17) is 4.74 Å². The molecular formula is C7H7BrFNO. The Labute approximate surface area is 72.5 Å². The summed E-state index contributed by atoms with van der Waals surface area (Å²) in [6.45, 7) is 1.32. The van der Waals surface area contributed by atoms with Crippen molar-refractivity contribution in [1.82, 2.24) is 4.98 Å². The van der Waals surface area contributed by atoms with Crippen LogP contribution in [0.4, 0.5) is 4.39 Å². The fraction of sp³-hybridized carbons (Fsp3) is 0.286. The van der Waals surface area contributed by atoms with Crippen molar-refractivity contribution in [3.05, 3.63) is 22.9 Å². The minimum absolute atomic E-state index is 0.434. The molecule has 0 bridgehead atoms. The molecule has 0 aliphatic heterocycles. The lowest BCUT2D eigenvalue weighted by Crippen LogP contribution is -2.03. The van der Waals surface area contributed by atoms with Crippen LogP contribution in [0.1, 0.15) is 6.92 Å². The summed E-state index contributed by atoms with van der Waals surface area (Å²) in [4.78, 5) is 3.86. The Hall–Kier alpha value is -0.640. The Balaban J connectivity index is 2.66. The standard InChI is InChI=1S/C7H7BrFNO/c1-5(9)11-6-2-3-7(8)10-4-6/h2-5H,1H3. The Morgan fingerprint density at radius 3 is 2.82 bits per heavy atom. The number of halogens is 2. The number of hydrogen-bond donors (Lipinski definition) is 0. The zero-order valence-electron chi connectivity index (χ0n) is 5.92. The average Bonchev–Trinajstić information content (AvgIpc) is 1.93. The molecule has 1 rings (SSSR count). The van der Waals surface area contributed by atoms with E-state index in [1.54, 1.807) is 12.1 Å². The minimum Gasteiger partial charge on any atom is -0.459 e. The summed E-state index contributed by atoms with van der Waals surface area (Å²) in [6, 6.07) is 3.34. The molecule has 0 aliphatic rings. The highest BCUT2D eigenvalue weighted by Gasteiger charge is 1.99. The van der Waals surface area contributed by atoms with Crippen LogP contribution in [0.2, 0.25) is 0 Å². The predicted molar refractivity (Wildman–Crippen MR) is 43.1 cm³/mol. The second kappa shape index (κ2) is 3.67. The molecule has 1 atom stereocenters. The van der Waals surface area contributed by atoms with Crippen LogP contribution in [0.15, 0.2) is 22.9 Å². The Bertz CT molecular complexity index is 224. The fourth-order valence-electron chi connectivity index (χ4n) is 0.619. The quantitative estimate of drug-likeness (QED) is 0.714. The third-order valence-electron chi connectivity index (χ3n) is 0.999. The fourth-order valence-corrected chi connectivity index (χ4v) is 0.854. The van der Waals surface area contributed by atoms with Gasteiger partial charge in [-0.1, -0.05) is 0 Å². The largest absolute Gasteiger partial charge is 0.459 e. The predicted octanol–water partition coefficient (Wildman–Crippen LogP) is 2.54. The second-order valence-corrected chi connectivity index (χ2v) is 2.79. The summed E-state index contributed by atoms with van der Waals surface area (Å²) < 4.78 is 17.7. The molecular weight excluding hydrogens is 213 g/mol. The first-order valence-corrected chi connectivity index (χ1v) is 3.90. The van der Waals surface area contributed by atoms with Crippen LogP contribution in [0.5, 0.6) is 5.75 Å². The number of pyridine rings is 1. The molecule has 0 spiro atoms. The normalized spacial score (nSPS) is 12.6. The summed E-state index contributed by atoms with van der Waals surface area (Å²) in [7, 11) is 0. The highest BCUT2D eigenvalue weighted by atomic mass is 79.9. The van der Waals surface area contributed by atoms with Gasteiger partial charge in [0.15, 0.2) is 0 Å². The monoisotopic (exact) mass is 219 g/mol. The molecule has 0 aromatic carbocycles. The van der Waals surface area contributed by atoms with Gasteiger partial charge in [-0.2, -0.15) is 0 Å². The van der Waals surface area contributed by atoms with Crippen molar-refractivity contribution in [2.24, 2.45) is 0 Å². The smallest absolute Gasteiger partial charge is 0.235 e. The summed E-state index contributed by atoms with van der Waals surface area (Å²) in [5.74, 6) is 0.434. The lowest BCUT2D eigenvalue weighted by Gasteiger charge is -2.04. The number of ether oxygens (including phenoxy) is 1. The Morgan fingerprint density at radius 1 is 1.64 bits per heavy atom. The summed E-state index contributed by atoms with van der Waals surface area (Å²) >= 11 is 3.15. The van der Waals surface area contributed by atoms with E-state index in [-0.39, 0.29) is 0 Å². The van der Waals surface area contributed by atoms with E-state index in [0.29, 0.717) is 10.4 Å². The molecule has 0 saturated heterocycles. The van der Waals surface area contributed by atoms with Crippen molar-refractivity contribution >= 4 is 15.9 Å². The molecule has 1 aromatic heterocycles. The Morgan fingerprint density at radius 2 is 2.36 bits per heavy atom. The number of hydrogen-bond acceptors (Lipinski definition) is 2. The molecule has 1 aromatic rings. The summed E-state index contributed by atoms with van der Waals surface area (Å²) in [6.07, 6.45) is 0.165.